The van der Waals surface area contributed by atoms with Gasteiger partial charge in [0.2, 0.25) is 0 Å². The van der Waals surface area contributed by atoms with Gasteiger partial charge in [0, 0.05) is 22.7 Å². The van der Waals surface area contributed by atoms with Gasteiger partial charge < -0.3 is 9.47 Å². The molecule has 1 N–H and O–H groups in total. The molecule has 30 heavy (non-hydrogen) atoms. The van der Waals surface area contributed by atoms with Gasteiger partial charge in [0.1, 0.15) is 18.5 Å². The number of hydrogen-bond donors (Lipinski definition) is 1. The Balaban J connectivity index is 1.43. The highest BCUT2D eigenvalue weighted by atomic mass is 16.7. The van der Waals surface area contributed by atoms with Crippen LogP contribution in [0.15, 0.2) is 72.8 Å². The predicted molar refractivity (Wildman–Crippen MR) is 114 cm³/mol. The summed E-state index contributed by atoms with van der Waals surface area (Å²) in [4.78, 5) is 21.2. The summed E-state index contributed by atoms with van der Waals surface area (Å²) in [5, 5.41) is 1.10. The Morgan fingerprint density at radius 1 is 1.20 bits per heavy atom. The van der Waals surface area contributed by atoms with Crippen molar-refractivity contribution in [2.24, 2.45) is 0 Å². The van der Waals surface area contributed by atoms with E-state index in [4.69, 9.17) is 9.57 Å². The van der Waals surface area contributed by atoms with Crippen LogP contribution in [0.25, 0.3) is 16.6 Å². The molecule has 2 heterocycles. The van der Waals surface area contributed by atoms with Crippen LogP contribution in [0.5, 0.6) is 5.75 Å². The van der Waals surface area contributed by atoms with E-state index < -0.39 is 5.97 Å². The van der Waals surface area contributed by atoms with E-state index in [0.29, 0.717) is 6.61 Å². The van der Waals surface area contributed by atoms with Gasteiger partial charge in [0.05, 0.1) is 18.3 Å². The first kappa shape index (κ1) is 19.7. The monoisotopic (exact) mass is 402 g/mol. The summed E-state index contributed by atoms with van der Waals surface area (Å²) < 4.78 is 10.6. The van der Waals surface area contributed by atoms with E-state index >= 15 is 0 Å². The number of aromatic nitrogens is 1. The molecule has 1 aliphatic rings. The zero-order valence-electron chi connectivity index (χ0n) is 16.8. The molecule has 0 saturated heterocycles. The predicted octanol–water partition coefficient (Wildman–Crippen LogP) is 4.10. The van der Waals surface area contributed by atoms with Gasteiger partial charge in [0.15, 0.2) is 0 Å². The Labute approximate surface area is 174 Å². The second-order valence-corrected chi connectivity index (χ2v) is 6.90. The van der Waals surface area contributed by atoms with Gasteiger partial charge in [-0.1, -0.05) is 18.2 Å². The van der Waals surface area contributed by atoms with Gasteiger partial charge in [-0.25, -0.2) is 4.79 Å². The van der Waals surface area contributed by atoms with Crippen LogP contribution >= 0.6 is 0 Å². The van der Waals surface area contributed by atoms with Crippen LogP contribution in [0.4, 0.5) is 0 Å². The lowest BCUT2D eigenvalue weighted by molar-refractivity contribution is -0.134. The van der Waals surface area contributed by atoms with Crippen molar-refractivity contribution in [3.8, 4) is 5.75 Å². The largest absolute Gasteiger partial charge is 0.489 e. The van der Waals surface area contributed by atoms with Crippen molar-refractivity contribution < 1.29 is 19.1 Å². The molecule has 0 radical (unpaired) electrons. The number of esters is 1. The fraction of sp³-hybridized carbons (Fsp3) is 0.167. The van der Waals surface area contributed by atoms with Crippen LogP contribution in [0.3, 0.4) is 0 Å². The maximum absolute atomic E-state index is 11.2. The van der Waals surface area contributed by atoms with Crippen LogP contribution in [0, 0.1) is 6.92 Å². The van der Waals surface area contributed by atoms with Gasteiger partial charge in [-0.05, 0) is 61.0 Å². The SMILES string of the molecule is COC(=O)C=CC1C=C(c2ccc(OCc3cc(C)nc4ccccc34)cc2)NO1. The minimum Gasteiger partial charge on any atom is -0.489 e. The molecule has 4 rings (SSSR count). The maximum atomic E-state index is 11.2. The summed E-state index contributed by atoms with van der Waals surface area (Å²) in [6.45, 7) is 2.45. The lowest BCUT2D eigenvalue weighted by Crippen LogP contribution is -2.10. The number of aryl methyl sites for hydroxylation is 1. The summed E-state index contributed by atoms with van der Waals surface area (Å²) in [6, 6.07) is 17.9. The Morgan fingerprint density at radius 3 is 2.80 bits per heavy atom. The summed E-state index contributed by atoms with van der Waals surface area (Å²) >= 11 is 0. The van der Waals surface area contributed by atoms with E-state index in [-0.39, 0.29) is 6.10 Å². The first-order valence-electron chi connectivity index (χ1n) is 9.60. The number of nitrogens with zero attached hydrogens (tertiary/aromatic N) is 1. The average Bonchev–Trinajstić information content (AvgIpc) is 3.25. The standard InChI is InChI=1S/C24H22N2O4/c1-16-13-18(21-5-3-4-6-22(21)25-16)15-29-19-9-7-17(8-10-19)23-14-20(30-26-23)11-12-24(27)28-2/h3-14,20,26H,15H2,1-2H3. The van der Waals surface area contributed by atoms with Crippen LogP contribution in [-0.2, 0) is 21.0 Å². The van der Waals surface area contributed by atoms with E-state index in [1.54, 1.807) is 6.08 Å². The van der Waals surface area contributed by atoms with Crippen LogP contribution in [0.2, 0.25) is 0 Å². The Morgan fingerprint density at radius 2 is 2.00 bits per heavy atom. The molecule has 1 aliphatic heterocycles. The first-order chi connectivity index (χ1) is 14.6. The number of fused-ring (bicyclic) bond motifs is 1. The number of nitrogens with one attached hydrogen (secondary N) is 1. The molecule has 0 fully saturated rings. The molecular weight excluding hydrogens is 380 g/mol. The summed E-state index contributed by atoms with van der Waals surface area (Å²) in [5.41, 5.74) is 7.72. The zero-order valence-corrected chi connectivity index (χ0v) is 16.8. The number of hydrogen-bond acceptors (Lipinski definition) is 6. The van der Waals surface area contributed by atoms with Gasteiger partial charge >= 0.3 is 5.97 Å². The molecule has 0 saturated carbocycles. The van der Waals surface area contributed by atoms with E-state index in [0.717, 1.165) is 39.2 Å². The van der Waals surface area contributed by atoms with Crippen molar-refractivity contribution in [1.29, 1.82) is 0 Å². The Kier molecular flexibility index (Phi) is 5.77. The van der Waals surface area contributed by atoms with E-state index in [1.165, 1.54) is 13.2 Å². The fourth-order valence-corrected chi connectivity index (χ4v) is 3.26. The highest BCUT2D eigenvalue weighted by Gasteiger charge is 2.15. The molecule has 6 nitrogen and oxygen atoms in total. The Bertz CT molecular complexity index is 1120. The second kappa shape index (κ2) is 8.80. The van der Waals surface area contributed by atoms with Gasteiger partial charge in [-0.2, -0.15) is 0 Å². The minimum absolute atomic E-state index is 0.335. The highest BCUT2D eigenvalue weighted by molar-refractivity contribution is 5.82. The van der Waals surface area contributed by atoms with Crippen molar-refractivity contribution in [1.82, 2.24) is 10.5 Å². The fourth-order valence-electron chi connectivity index (χ4n) is 3.26. The molecule has 0 spiro atoms. The number of para-hydroxylation sites is 1. The van der Waals surface area contributed by atoms with E-state index in [2.05, 4.69) is 27.3 Å². The van der Waals surface area contributed by atoms with Crippen LogP contribution in [0.1, 0.15) is 16.8 Å². The summed E-state index contributed by atoms with van der Waals surface area (Å²) in [5.74, 6) is 0.359. The molecule has 2 aromatic carbocycles. The summed E-state index contributed by atoms with van der Waals surface area (Å²) in [7, 11) is 1.34. The van der Waals surface area contributed by atoms with Gasteiger partial charge in [-0.3, -0.25) is 15.3 Å². The van der Waals surface area contributed by atoms with Gasteiger partial charge in [-0.15, -0.1) is 0 Å². The number of carbonyl (C=O) groups is 1. The number of methoxy groups -OCH3 is 1. The van der Waals surface area contributed by atoms with Crippen molar-refractivity contribution >= 4 is 22.6 Å². The van der Waals surface area contributed by atoms with Crippen LogP contribution in [-0.4, -0.2) is 24.2 Å². The lowest BCUT2D eigenvalue weighted by atomic mass is 10.1. The molecule has 0 amide bonds. The van der Waals surface area contributed by atoms with E-state index in [9.17, 15) is 4.79 Å². The van der Waals surface area contributed by atoms with E-state index in [1.807, 2.05) is 55.5 Å². The number of rotatable bonds is 6. The number of ether oxygens (including phenoxy) is 2. The normalized spacial score (nSPS) is 15.8. The third-order valence-electron chi connectivity index (χ3n) is 4.75. The number of carbonyl (C=O) groups excluding carboxylic acids is 1. The van der Waals surface area contributed by atoms with Crippen molar-refractivity contribution in [3.63, 3.8) is 0 Å². The smallest absolute Gasteiger partial charge is 0.330 e. The molecule has 152 valence electrons. The lowest BCUT2D eigenvalue weighted by Gasteiger charge is -2.11. The molecular formula is C24H22N2O4. The maximum Gasteiger partial charge on any atom is 0.330 e. The number of benzene rings is 2. The molecule has 6 heteroatoms. The molecule has 0 bridgehead atoms. The third-order valence-corrected chi connectivity index (χ3v) is 4.75. The second-order valence-electron chi connectivity index (χ2n) is 6.90. The molecule has 0 aliphatic carbocycles. The molecule has 3 aromatic rings. The van der Waals surface area contributed by atoms with Gasteiger partial charge in [0.25, 0.3) is 0 Å². The first-order valence-corrected chi connectivity index (χ1v) is 9.60. The molecule has 1 unspecified atom stereocenters. The Hall–Kier alpha value is -3.64. The third kappa shape index (κ3) is 4.50. The minimum atomic E-state index is -0.417. The summed E-state index contributed by atoms with van der Waals surface area (Å²) in [6.07, 6.45) is 4.52. The van der Waals surface area contributed by atoms with Crippen molar-refractivity contribution in [2.45, 2.75) is 19.6 Å². The zero-order chi connectivity index (χ0) is 20.9. The number of hydroxylamine groups is 1. The molecule has 1 aromatic heterocycles. The quantitative estimate of drug-likeness (QED) is 0.495. The topological polar surface area (TPSA) is 69.7 Å². The number of pyridine rings is 1. The average molecular weight is 402 g/mol. The van der Waals surface area contributed by atoms with Crippen molar-refractivity contribution in [2.75, 3.05) is 7.11 Å². The van der Waals surface area contributed by atoms with Crippen molar-refractivity contribution in [3.05, 3.63) is 89.6 Å². The molecule has 1 atom stereocenters. The van der Waals surface area contributed by atoms with Crippen LogP contribution < -0.4 is 10.2 Å². The highest BCUT2D eigenvalue weighted by Crippen LogP contribution is 2.24.